The summed E-state index contributed by atoms with van der Waals surface area (Å²) in [6.45, 7) is 1.89. The molecule has 0 radical (unpaired) electrons. The highest BCUT2D eigenvalue weighted by Crippen LogP contribution is 2.33. The van der Waals surface area contributed by atoms with Crippen LogP contribution in [-0.4, -0.2) is 42.1 Å². The van der Waals surface area contributed by atoms with Gasteiger partial charge in [-0.25, -0.2) is 4.79 Å². The summed E-state index contributed by atoms with van der Waals surface area (Å²) in [5.74, 6) is 1.49. The van der Waals surface area contributed by atoms with Crippen molar-refractivity contribution in [1.82, 2.24) is 10.6 Å². The molecule has 2 fully saturated rings. The van der Waals surface area contributed by atoms with Gasteiger partial charge < -0.3 is 20.7 Å². The number of urea groups is 1. The first kappa shape index (κ1) is 19.2. The van der Waals surface area contributed by atoms with E-state index in [2.05, 4.69) is 16.0 Å². The zero-order valence-electron chi connectivity index (χ0n) is 14.9. The Balaban J connectivity index is 1.42. The van der Waals surface area contributed by atoms with Crippen molar-refractivity contribution in [2.24, 2.45) is 0 Å². The molecule has 6 nitrogen and oxygen atoms in total. The van der Waals surface area contributed by atoms with E-state index in [1.807, 2.05) is 24.8 Å². The molecule has 26 heavy (non-hydrogen) atoms. The Kier molecular flexibility index (Phi) is 6.19. The number of halogens is 1. The van der Waals surface area contributed by atoms with Gasteiger partial charge in [0.15, 0.2) is 0 Å². The Bertz CT molecular complexity index is 701. The lowest BCUT2D eigenvalue weighted by atomic mass is 10.0. The summed E-state index contributed by atoms with van der Waals surface area (Å²) >= 11 is 7.99. The molecule has 0 saturated carbocycles. The lowest BCUT2D eigenvalue weighted by molar-refractivity contribution is -0.116. The fourth-order valence-corrected chi connectivity index (χ4v) is 5.11. The predicted molar refractivity (Wildman–Crippen MR) is 105 cm³/mol. The van der Waals surface area contributed by atoms with Crippen molar-refractivity contribution in [3.05, 3.63) is 22.7 Å². The molecule has 0 aliphatic carbocycles. The van der Waals surface area contributed by atoms with Crippen LogP contribution in [0.15, 0.2) is 12.1 Å². The van der Waals surface area contributed by atoms with Gasteiger partial charge in [-0.15, -0.1) is 0 Å². The minimum atomic E-state index is -0.0584. The molecule has 2 aliphatic heterocycles. The monoisotopic (exact) mass is 397 g/mol. The van der Waals surface area contributed by atoms with Gasteiger partial charge >= 0.3 is 6.03 Å². The number of anilines is 1. The molecule has 2 saturated heterocycles. The predicted octanol–water partition coefficient (Wildman–Crippen LogP) is 3.32. The Hall–Kier alpha value is -1.60. The van der Waals surface area contributed by atoms with Crippen molar-refractivity contribution >= 4 is 41.0 Å². The largest absolute Gasteiger partial charge is 0.495 e. The second kappa shape index (κ2) is 8.39. The van der Waals surface area contributed by atoms with Crippen LogP contribution < -0.4 is 20.7 Å². The van der Waals surface area contributed by atoms with Crippen LogP contribution in [0.4, 0.5) is 10.5 Å². The number of unbranched alkanes of at least 4 members (excludes halogenated alkanes) is 1. The first-order chi connectivity index (χ1) is 12.5. The SMILES string of the molecule is COc1cc(Cl)c(C)cc1NC(=O)CCCC[C@@H]1SC[C@@H]2NC(=O)N[C@@H]21. The zero-order valence-corrected chi connectivity index (χ0v) is 16.5. The van der Waals surface area contributed by atoms with Crippen LogP contribution in [0.1, 0.15) is 31.2 Å². The summed E-state index contributed by atoms with van der Waals surface area (Å²) in [6.07, 6.45) is 3.24. The fourth-order valence-electron chi connectivity index (χ4n) is 3.42. The number of aryl methyl sites for hydroxylation is 1. The molecular weight excluding hydrogens is 374 g/mol. The van der Waals surface area contributed by atoms with E-state index in [4.69, 9.17) is 16.3 Å². The van der Waals surface area contributed by atoms with Crippen LogP contribution in [0.3, 0.4) is 0 Å². The number of methoxy groups -OCH3 is 1. The quantitative estimate of drug-likeness (QED) is 0.487. The Morgan fingerprint density at radius 3 is 2.96 bits per heavy atom. The maximum atomic E-state index is 12.2. The average molecular weight is 398 g/mol. The molecule has 3 rings (SSSR count). The molecule has 3 N–H and O–H groups in total. The van der Waals surface area contributed by atoms with Gasteiger partial charge in [0.2, 0.25) is 5.91 Å². The number of fused-ring (bicyclic) bond motifs is 1. The molecule has 3 atom stereocenters. The van der Waals surface area contributed by atoms with Gasteiger partial charge in [-0.2, -0.15) is 11.8 Å². The van der Waals surface area contributed by atoms with Gasteiger partial charge in [-0.1, -0.05) is 18.0 Å². The van der Waals surface area contributed by atoms with Crippen molar-refractivity contribution in [1.29, 1.82) is 0 Å². The lowest BCUT2D eigenvalue weighted by Gasteiger charge is -2.16. The number of hydrogen-bond donors (Lipinski definition) is 3. The Labute approximate surface area is 162 Å². The maximum Gasteiger partial charge on any atom is 0.315 e. The lowest BCUT2D eigenvalue weighted by Crippen LogP contribution is -2.36. The van der Waals surface area contributed by atoms with Crippen LogP contribution in [0, 0.1) is 6.92 Å². The number of nitrogens with one attached hydrogen (secondary N) is 3. The molecule has 0 unspecified atom stereocenters. The second-order valence-electron chi connectivity index (χ2n) is 6.72. The average Bonchev–Trinajstić information content (AvgIpc) is 3.14. The molecule has 0 spiro atoms. The number of rotatable bonds is 7. The number of thioether (sulfide) groups is 1. The van der Waals surface area contributed by atoms with Crippen LogP contribution >= 0.6 is 23.4 Å². The molecule has 2 heterocycles. The smallest absolute Gasteiger partial charge is 0.315 e. The molecule has 3 amide bonds. The first-order valence-electron chi connectivity index (χ1n) is 8.80. The van der Waals surface area contributed by atoms with Gasteiger partial charge in [0.05, 0.1) is 24.9 Å². The van der Waals surface area contributed by atoms with Crippen molar-refractivity contribution in [3.63, 3.8) is 0 Å². The highest BCUT2D eigenvalue weighted by atomic mass is 35.5. The van der Waals surface area contributed by atoms with Crippen molar-refractivity contribution in [3.8, 4) is 5.75 Å². The molecule has 1 aromatic rings. The van der Waals surface area contributed by atoms with Crippen LogP contribution in [0.2, 0.25) is 5.02 Å². The highest BCUT2D eigenvalue weighted by Gasteiger charge is 2.42. The van der Waals surface area contributed by atoms with Crippen molar-refractivity contribution in [2.75, 3.05) is 18.2 Å². The van der Waals surface area contributed by atoms with Crippen molar-refractivity contribution in [2.45, 2.75) is 49.9 Å². The molecule has 8 heteroatoms. The van der Waals surface area contributed by atoms with Crippen LogP contribution in [0.5, 0.6) is 5.75 Å². The van der Waals surface area contributed by atoms with Crippen LogP contribution in [-0.2, 0) is 4.79 Å². The number of hydrogen-bond acceptors (Lipinski definition) is 4. The van der Waals surface area contributed by atoms with Gasteiger partial charge in [0.1, 0.15) is 5.75 Å². The van der Waals surface area contributed by atoms with E-state index < -0.39 is 0 Å². The Morgan fingerprint density at radius 1 is 1.38 bits per heavy atom. The van der Waals surface area contributed by atoms with Crippen LogP contribution in [0.25, 0.3) is 0 Å². The van der Waals surface area contributed by atoms with E-state index in [1.165, 1.54) is 0 Å². The van der Waals surface area contributed by atoms with E-state index >= 15 is 0 Å². The maximum absolute atomic E-state index is 12.2. The van der Waals surface area contributed by atoms with E-state index in [1.54, 1.807) is 13.2 Å². The molecule has 142 valence electrons. The topological polar surface area (TPSA) is 79.5 Å². The number of carbonyl (C=O) groups is 2. The Morgan fingerprint density at radius 2 is 2.19 bits per heavy atom. The normalized spacial score (nSPS) is 24.0. The minimum Gasteiger partial charge on any atom is -0.495 e. The third-order valence-corrected chi connectivity index (χ3v) is 6.75. The zero-order chi connectivity index (χ0) is 18.7. The third kappa shape index (κ3) is 4.38. The summed E-state index contributed by atoms with van der Waals surface area (Å²) < 4.78 is 5.28. The van der Waals surface area contributed by atoms with E-state index in [-0.39, 0.29) is 24.0 Å². The van der Waals surface area contributed by atoms with E-state index in [0.29, 0.717) is 28.1 Å². The van der Waals surface area contributed by atoms with Gasteiger partial charge in [-0.3, -0.25) is 4.79 Å². The second-order valence-corrected chi connectivity index (χ2v) is 8.40. The van der Waals surface area contributed by atoms with Crippen molar-refractivity contribution < 1.29 is 14.3 Å². The first-order valence-corrected chi connectivity index (χ1v) is 10.2. The van der Waals surface area contributed by atoms with E-state index in [9.17, 15) is 9.59 Å². The van der Waals surface area contributed by atoms with E-state index in [0.717, 1.165) is 30.6 Å². The number of benzene rings is 1. The molecule has 0 aromatic heterocycles. The molecular formula is C18H24ClN3O3S. The van der Waals surface area contributed by atoms with Gasteiger partial charge in [0.25, 0.3) is 0 Å². The number of ether oxygens (including phenoxy) is 1. The summed E-state index contributed by atoms with van der Waals surface area (Å²) in [4.78, 5) is 23.6. The highest BCUT2D eigenvalue weighted by molar-refractivity contribution is 8.00. The molecule has 1 aromatic carbocycles. The van der Waals surface area contributed by atoms with Gasteiger partial charge in [0, 0.05) is 28.5 Å². The fraction of sp³-hybridized carbons (Fsp3) is 0.556. The molecule has 2 aliphatic rings. The standard InChI is InChI=1S/C18H24ClN3O3S/c1-10-7-12(14(25-2)8-11(10)19)20-16(23)6-4-3-5-15-17-13(9-26-15)21-18(24)22-17/h7-8,13,15,17H,3-6,9H2,1-2H3,(H,20,23)(H2,21,22,24)/t13-,15-,17-/m0/s1. The number of carbonyl (C=O) groups excluding carboxylic acids is 2. The number of amides is 3. The summed E-state index contributed by atoms with van der Waals surface area (Å²) in [7, 11) is 1.56. The summed E-state index contributed by atoms with van der Waals surface area (Å²) in [6, 6.07) is 3.95. The molecule has 0 bridgehead atoms. The summed E-state index contributed by atoms with van der Waals surface area (Å²) in [5.41, 5.74) is 1.54. The van der Waals surface area contributed by atoms with Gasteiger partial charge in [-0.05, 0) is 31.4 Å². The summed E-state index contributed by atoms with van der Waals surface area (Å²) in [5, 5.41) is 9.89. The third-order valence-electron chi connectivity index (χ3n) is 4.84. The minimum absolute atomic E-state index is 0.0298.